The first-order valence-electron chi connectivity index (χ1n) is 4.73. The van der Waals surface area contributed by atoms with Gasteiger partial charge >= 0.3 is 5.97 Å². The second-order valence-corrected chi connectivity index (χ2v) is 3.65. The number of aliphatic hydroxyl groups is 1. The Morgan fingerprint density at radius 3 is 3.07 bits per heavy atom. The standard InChI is InChI=1S/C9H14O5/c1-12-9-3-6-5(2-8(11)13-6)7(4-10)14-9/h5-7,9-10H,2-4H2,1H3/t5-,6-,7+,9+/m0/s1. The molecule has 0 aromatic rings. The van der Waals surface area contributed by atoms with E-state index >= 15 is 0 Å². The van der Waals surface area contributed by atoms with Gasteiger partial charge in [-0.2, -0.15) is 0 Å². The quantitative estimate of drug-likeness (QED) is 0.621. The largest absolute Gasteiger partial charge is 0.462 e. The number of methoxy groups -OCH3 is 1. The zero-order chi connectivity index (χ0) is 10.1. The van der Waals surface area contributed by atoms with E-state index in [9.17, 15) is 4.79 Å². The first kappa shape index (κ1) is 9.89. The molecule has 0 aromatic heterocycles. The van der Waals surface area contributed by atoms with Crippen LogP contribution in [0, 0.1) is 5.92 Å². The van der Waals surface area contributed by atoms with Crippen LogP contribution in [0.15, 0.2) is 0 Å². The van der Waals surface area contributed by atoms with Crippen molar-refractivity contribution in [1.82, 2.24) is 0 Å². The van der Waals surface area contributed by atoms with Gasteiger partial charge in [0.2, 0.25) is 0 Å². The maximum atomic E-state index is 11.1. The molecule has 2 aliphatic rings. The van der Waals surface area contributed by atoms with Gasteiger partial charge in [-0.3, -0.25) is 4.79 Å². The van der Waals surface area contributed by atoms with E-state index in [4.69, 9.17) is 19.3 Å². The van der Waals surface area contributed by atoms with Gasteiger partial charge in [0.25, 0.3) is 0 Å². The summed E-state index contributed by atoms with van der Waals surface area (Å²) in [5, 5.41) is 9.09. The van der Waals surface area contributed by atoms with Crippen LogP contribution in [0.1, 0.15) is 12.8 Å². The summed E-state index contributed by atoms with van der Waals surface area (Å²) in [6, 6.07) is 0. The summed E-state index contributed by atoms with van der Waals surface area (Å²) in [6.45, 7) is -0.0995. The number of fused-ring (bicyclic) bond motifs is 1. The fourth-order valence-corrected chi connectivity index (χ4v) is 2.09. The van der Waals surface area contributed by atoms with Gasteiger partial charge < -0.3 is 19.3 Å². The Morgan fingerprint density at radius 1 is 1.64 bits per heavy atom. The molecule has 2 rings (SSSR count). The number of carbonyl (C=O) groups excluding carboxylic acids is 1. The van der Waals surface area contributed by atoms with Crippen molar-refractivity contribution in [1.29, 1.82) is 0 Å². The molecule has 0 unspecified atom stereocenters. The number of hydrogen-bond donors (Lipinski definition) is 1. The van der Waals surface area contributed by atoms with Gasteiger partial charge in [0.15, 0.2) is 6.29 Å². The van der Waals surface area contributed by atoms with Gasteiger partial charge in [-0.05, 0) is 0 Å². The Bertz CT molecular complexity index is 229. The Morgan fingerprint density at radius 2 is 2.43 bits per heavy atom. The molecule has 0 spiro atoms. The van der Waals surface area contributed by atoms with Crippen molar-refractivity contribution < 1.29 is 24.1 Å². The fraction of sp³-hybridized carbons (Fsp3) is 0.889. The lowest BCUT2D eigenvalue weighted by atomic mass is 9.90. The number of carbonyl (C=O) groups is 1. The number of ether oxygens (including phenoxy) is 3. The average Bonchev–Trinajstić information content (AvgIpc) is 2.56. The molecule has 5 nitrogen and oxygen atoms in total. The van der Waals surface area contributed by atoms with E-state index < -0.39 is 0 Å². The molecule has 0 saturated carbocycles. The van der Waals surface area contributed by atoms with Gasteiger partial charge in [0.1, 0.15) is 6.10 Å². The van der Waals surface area contributed by atoms with E-state index in [0.29, 0.717) is 12.8 Å². The highest BCUT2D eigenvalue weighted by Crippen LogP contribution is 2.35. The summed E-state index contributed by atoms with van der Waals surface area (Å²) in [4.78, 5) is 11.1. The minimum atomic E-state index is -0.376. The van der Waals surface area contributed by atoms with Gasteiger partial charge in [-0.15, -0.1) is 0 Å². The molecule has 0 bridgehead atoms. The summed E-state index contributed by atoms with van der Waals surface area (Å²) in [7, 11) is 1.54. The summed E-state index contributed by atoms with van der Waals surface area (Å²) in [6.07, 6.45) is 0.0261. The molecular weight excluding hydrogens is 188 g/mol. The van der Waals surface area contributed by atoms with Crippen molar-refractivity contribution in [2.45, 2.75) is 31.3 Å². The SMILES string of the molecule is CO[C@H]1C[C@@H]2OC(=O)C[C@@H]2[C@@H](CO)O1. The van der Waals surface area contributed by atoms with Crippen molar-refractivity contribution in [3.8, 4) is 0 Å². The van der Waals surface area contributed by atoms with Crippen LogP contribution in [0.5, 0.6) is 0 Å². The molecule has 0 aromatic carbocycles. The van der Waals surface area contributed by atoms with Crippen molar-refractivity contribution >= 4 is 5.97 Å². The van der Waals surface area contributed by atoms with Crippen molar-refractivity contribution in [2.75, 3.05) is 13.7 Å². The molecule has 1 N–H and O–H groups in total. The minimum Gasteiger partial charge on any atom is -0.462 e. The van der Waals surface area contributed by atoms with Crippen molar-refractivity contribution in [3.63, 3.8) is 0 Å². The lowest BCUT2D eigenvalue weighted by molar-refractivity contribution is -0.224. The normalized spacial score (nSPS) is 42.0. The topological polar surface area (TPSA) is 65.0 Å². The highest BCUT2D eigenvalue weighted by atomic mass is 16.7. The average molecular weight is 202 g/mol. The van der Waals surface area contributed by atoms with Crippen LogP contribution in [-0.2, 0) is 19.0 Å². The first-order valence-corrected chi connectivity index (χ1v) is 4.73. The monoisotopic (exact) mass is 202 g/mol. The summed E-state index contributed by atoms with van der Waals surface area (Å²) in [5.74, 6) is -0.224. The molecule has 2 heterocycles. The lowest BCUT2D eigenvalue weighted by Gasteiger charge is -2.35. The van der Waals surface area contributed by atoms with Gasteiger partial charge in [-0.1, -0.05) is 0 Å². The van der Waals surface area contributed by atoms with Crippen LogP contribution in [0.2, 0.25) is 0 Å². The first-order chi connectivity index (χ1) is 6.74. The maximum Gasteiger partial charge on any atom is 0.306 e. The third-order valence-electron chi connectivity index (χ3n) is 2.83. The molecule has 2 saturated heterocycles. The zero-order valence-corrected chi connectivity index (χ0v) is 8.01. The van der Waals surface area contributed by atoms with E-state index in [-0.39, 0.29) is 37.0 Å². The molecule has 2 fully saturated rings. The molecule has 0 radical (unpaired) electrons. The van der Waals surface area contributed by atoms with Crippen molar-refractivity contribution in [2.24, 2.45) is 5.92 Å². The molecule has 5 heteroatoms. The van der Waals surface area contributed by atoms with E-state index in [2.05, 4.69) is 0 Å². The van der Waals surface area contributed by atoms with E-state index in [1.165, 1.54) is 7.11 Å². The van der Waals surface area contributed by atoms with E-state index in [1.807, 2.05) is 0 Å². The number of esters is 1. The zero-order valence-electron chi connectivity index (χ0n) is 8.01. The van der Waals surface area contributed by atoms with E-state index in [1.54, 1.807) is 0 Å². The second-order valence-electron chi connectivity index (χ2n) is 3.65. The molecule has 80 valence electrons. The maximum absolute atomic E-state index is 11.1. The Kier molecular flexibility index (Phi) is 2.71. The molecular formula is C9H14O5. The van der Waals surface area contributed by atoms with Crippen LogP contribution in [0.3, 0.4) is 0 Å². The predicted octanol–water partition coefficient (Wildman–Crippen LogP) is -0.328. The molecule has 0 aliphatic carbocycles. The van der Waals surface area contributed by atoms with Crippen LogP contribution in [-0.4, -0.2) is 43.3 Å². The van der Waals surface area contributed by atoms with Crippen molar-refractivity contribution in [3.05, 3.63) is 0 Å². The van der Waals surface area contributed by atoms with E-state index in [0.717, 1.165) is 0 Å². The smallest absolute Gasteiger partial charge is 0.306 e. The molecule has 4 atom stereocenters. The Balaban J connectivity index is 2.07. The molecule has 0 amide bonds. The highest BCUT2D eigenvalue weighted by Gasteiger charge is 2.46. The summed E-state index contributed by atoms with van der Waals surface area (Å²) >= 11 is 0. The lowest BCUT2D eigenvalue weighted by Crippen LogP contribution is -2.44. The number of rotatable bonds is 2. The van der Waals surface area contributed by atoms with Crippen LogP contribution in [0.4, 0.5) is 0 Å². The minimum absolute atomic E-state index is 0.0149. The third kappa shape index (κ3) is 1.63. The van der Waals surface area contributed by atoms with Gasteiger partial charge in [-0.25, -0.2) is 0 Å². The van der Waals surface area contributed by atoms with Crippen LogP contribution < -0.4 is 0 Å². The fourth-order valence-electron chi connectivity index (χ4n) is 2.09. The highest BCUT2D eigenvalue weighted by molar-refractivity contribution is 5.72. The summed E-state index contributed by atoms with van der Waals surface area (Å²) in [5.41, 5.74) is 0. The molecule has 2 aliphatic heterocycles. The van der Waals surface area contributed by atoms with Gasteiger partial charge in [0.05, 0.1) is 19.1 Å². The van der Waals surface area contributed by atoms with Crippen LogP contribution >= 0.6 is 0 Å². The predicted molar refractivity (Wildman–Crippen MR) is 45.4 cm³/mol. The third-order valence-corrected chi connectivity index (χ3v) is 2.83. The Labute approximate surface area is 81.9 Å². The number of hydrogen-bond acceptors (Lipinski definition) is 5. The van der Waals surface area contributed by atoms with Gasteiger partial charge in [0, 0.05) is 19.4 Å². The molecule has 14 heavy (non-hydrogen) atoms. The second kappa shape index (κ2) is 3.84. The Hall–Kier alpha value is -0.650. The number of aliphatic hydroxyl groups excluding tert-OH is 1. The summed E-state index contributed by atoms with van der Waals surface area (Å²) < 4.78 is 15.6. The van der Waals surface area contributed by atoms with Crippen LogP contribution in [0.25, 0.3) is 0 Å².